The van der Waals surface area contributed by atoms with Gasteiger partial charge in [-0.2, -0.15) is 0 Å². The zero-order chi connectivity index (χ0) is 8.97. The second kappa shape index (κ2) is 3.90. The third-order valence-electron chi connectivity index (χ3n) is 1.57. The molecule has 0 atom stereocenters. The van der Waals surface area contributed by atoms with Crippen LogP contribution in [-0.4, -0.2) is 10.4 Å². The van der Waals surface area contributed by atoms with E-state index in [4.69, 9.17) is 10.4 Å². The molecular formula is C9H11NO2. The molecule has 1 aromatic carbocycles. The van der Waals surface area contributed by atoms with Crippen molar-refractivity contribution in [3.8, 4) is 0 Å². The second-order valence-electron chi connectivity index (χ2n) is 2.41. The number of hydrogen-bond acceptors (Lipinski definition) is 3. The summed E-state index contributed by atoms with van der Waals surface area (Å²) < 4.78 is 0. The third-order valence-corrected chi connectivity index (χ3v) is 1.57. The van der Waals surface area contributed by atoms with Gasteiger partial charge in [0.1, 0.15) is 0 Å². The van der Waals surface area contributed by atoms with E-state index in [0.717, 1.165) is 5.56 Å². The monoisotopic (exact) mass is 165 g/mol. The molecule has 0 heterocycles. The maximum Gasteiger partial charge on any atom is 0.0977 e. The molecule has 0 aliphatic carbocycles. The molecule has 0 aliphatic rings. The van der Waals surface area contributed by atoms with Crippen LogP contribution in [-0.2, 0) is 6.42 Å². The maximum absolute atomic E-state index is 8.79. The highest BCUT2D eigenvalue weighted by Crippen LogP contribution is 2.17. The number of nitrogens with zero attached hydrogens (tertiary/aromatic N) is 1. The molecule has 64 valence electrons. The van der Waals surface area contributed by atoms with Crippen LogP contribution in [0.15, 0.2) is 36.9 Å². The largest absolute Gasteiger partial charge is 0.264 e. The summed E-state index contributed by atoms with van der Waals surface area (Å²) in [5.74, 6) is 0. The van der Waals surface area contributed by atoms with Crippen molar-refractivity contribution in [1.82, 2.24) is 0 Å². The van der Waals surface area contributed by atoms with E-state index in [-0.39, 0.29) is 5.23 Å². The average Bonchev–Trinajstić information content (AvgIpc) is 2.05. The Labute approximate surface area is 71.1 Å². The summed E-state index contributed by atoms with van der Waals surface area (Å²) in [4.78, 5) is 0. The second-order valence-corrected chi connectivity index (χ2v) is 2.41. The van der Waals surface area contributed by atoms with E-state index in [1.165, 1.54) is 0 Å². The number of rotatable bonds is 3. The van der Waals surface area contributed by atoms with Gasteiger partial charge in [0.2, 0.25) is 0 Å². The van der Waals surface area contributed by atoms with Gasteiger partial charge in [-0.1, -0.05) is 24.3 Å². The fourth-order valence-corrected chi connectivity index (χ4v) is 1.03. The first-order valence-corrected chi connectivity index (χ1v) is 3.62. The van der Waals surface area contributed by atoms with E-state index in [2.05, 4.69) is 6.58 Å². The van der Waals surface area contributed by atoms with Gasteiger partial charge in [0.05, 0.1) is 5.69 Å². The van der Waals surface area contributed by atoms with Crippen molar-refractivity contribution < 1.29 is 10.4 Å². The number of para-hydroxylation sites is 1. The Morgan fingerprint density at radius 2 is 2.00 bits per heavy atom. The van der Waals surface area contributed by atoms with Crippen molar-refractivity contribution in [3.05, 3.63) is 42.5 Å². The predicted molar refractivity (Wildman–Crippen MR) is 46.4 cm³/mol. The van der Waals surface area contributed by atoms with Gasteiger partial charge in [0.25, 0.3) is 0 Å². The van der Waals surface area contributed by atoms with Gasteiger partial charge in [0.15, 0.2) is 0 Å². The summed E-state index contributed by atoms with van der Waals surface area (Å²) in [6, 6.07) is 7.02. The minimum absolute atomic E-state index is 0.124. The average molecular weight is 165 g/mol. The highest BCUT2D eigenvalue weighted by Gasteiger charge is 2.03. The van der Waals surface area contributed by atoms with Gasteiger partial charge in [0, 0.05) is 0 Å². The quantitative estimate of drug-likeness (QED) is 0.531. The molecule has 0 aromatic heterocycles. The number of benzene rings is 1. The van der Waals surface area contributed by atoms with Crippen molar-refractivity contribution in [2.45, 2.75) is 6.42 Å². The summed E-state index contributed by atoms with van der Waals surface area (Å²) in [5, 5.41) is 17.7. The van der Waals surface area contributed by atoms with Crippen molar-refractivity contribution in [2.75, 3.05) is 5.23 Å². The van der Waals surface area contributed by atoms with Gasteiger partial charge < -0.3 is 0 Å². The molecule has 12 heavy (non-hydrogen) atoms. The lowest BCUT2D eigenvalue weighted by Gasteiger charge is -2.11. The molecule has 0 aliphatic heterocycles. The maximum atomic E-state index is 8.79. The van der Waals surface area contributed by atoms with Crippen LogP contribution in [0.3, 0.4) is 0 Å². The van der Waals surface area contributed by atoms with Crippen LogP contribution >= 0.6 is 0 Å². The third kappa shape index (κ3) is 1.84. The molecule has 0 unspecified atom stereocenters. The summed E-state index contributed by atoms with van der Waals surface area (Å²) in [6.07, 6.45) is 2.33. The standard InChI is InChI=1S/C9H11NO2/c1-2-5-8-6-3-4-7-9(8)10(11)12/h2-4,6-7,11-12H,1,5H2. The number of hydrogen-bond donors (Lipinski definition) is 2. The van der Waals surface area contributed by atoms with Gasteiger partial charge in [-0.15, -0.1) is 11.8 Å². The molecule has 0 spiro atoms. The minimum atomic E-state index is 0.124. The van der Waals surface area contributed by atoms with Crippen LogP contribution in [0.1, 0.15) is 5.56 Å². The Kier molecular flexibility index (Phi) is 2.85. The van der Waals surface area contributed by atoms with E-state index in [1.807, 2.05) is 12.1 Å². The normalized spacial score (nSPS) is 9.50. The van der Waals surface area contributed by atoms with E-state index < -0.39 is 0 Å². The van der Waals surface area contributed by atoms with E-state index >= 15 is 0 Å². The molecule has 3 nitrogen and oxygen atoms in total. The molecule has 0 saturated heterocycles. The molecular weight excluding hydrogens is 154 g/mol. The fraction of sp³-hybridized carbons (Fsp3) is 0.111. The lowest BCUT2D eigenvalue weighted by molar-refractivity contribution is 0.0287. The van der Waals surface area contributed by atoms with Crippen LogP contribution in [0.4, 0.5) is 5.69 Å². The predicted octanol–water partition coefficient (Wildman–Crippen LogP) is 2.00. The zero-order valence-corrected chi connectivity index (χ0v) is 6.64. The summed E-state index contributed by atoms with van der Waals surface area (Å²) in [7, 11) is 0. The van der Waals surface area contributed by atoms with E-state index in [1.54, 1.807) is 18.2 Å². The smallest absolute Gasteiger partial charge is 0.0977 e. The summed E-state index contributed by atoms with van der Waals surface area (Å²) >= 11 is 0. The van der Waals surface area contributed by atoms with Crippen LogP contribution in [0.2, 0.25) is 0 Å². The molecule has 1 rings (SSSR count). The molecule has 0 amide bonds. The Balaban J connectivity index is 2.99. The van der Waals surface area contributed by atoms with Gasteiger partial charge in [-0.3, -0.25) is 10.4 Å². The summed E-state index contributed by atoms with van der Waals surface area (Å²) in [6.45, 7) is 3.57. The first-order valence-electron chi connectivity index (χ1n) is 3.62. The van der Waals surface area contributed by atoms with E-state index in [0.29, 0.717) is 12.1 Å². The number of anilines is 1. The molecule has 0 radical (unpaired) electrons. The Bertz CT molecular complexity index is 271. The van der Waals surface area contributed by atoms with E-state index in [9.17, 15) is 0 Å². The first kappa shape index (κ1) is 8.77. The van der Waals surface area contributed by atoms with Crippen LogP contribution in [0.25, 0.3) is 0 Å². The molecule has 0 fully saturated rings. The molecule has 2 N–H and O–H groups in total. The Hall–Kier alpha value is -1.32. The van der Waals surface area contributed by atoms with Crippen molar-refractivity contribution in [3.63, 3.8) is 0 Å². The number of allylic oxidation sites excluding steroid dienone is 1. The lowest BCUT2D eigenvalue weighted by atomic mass is 10.1. The topological polar surface area (TPSA) is 43.7 Å². The zero-order valence-electron chi connectivity index (χ0n) is 6.64. The molecule has 3 heteroatoms. The first-order chi connectivity index (χ1) is 5.75. The van der Waals surface area contributed by atoms with Crippen LogP contribution in [0.5, 0.6) is 0 Å². The van der Waals surface area contributed by atoms with Gasteiger partial charge in [-0.25, -0.2) is 0 Å². The minimum Gasteiger partial charge on any atom is -0.264 e. The highest BCUT2D eigenvalue weighted by atomic mass is 16.8. The molecule has 0 bridgehead atoms. The van der Waals surface area contributed by atoms with Gasteiger partial charge >= 0.3 is 0 Å². The molecule has 1 aromatic rings. The highest BCUT2D eigenvalue weighted by molar-refractivity contribution is 5.50. The Morgan fingerprint density at radius 3 is 2.58 bits per heavy atom. The SMILES string of the molecule is C=CCc1ccccc1N(O)O. The summed E-state index contributed by atoms with van der Waals surface area (Å²) in [5.41, 5.74) is 1.22. The lowest BCUT2D eigenvalue weighted by Crippen LogP contribution is -2.12. The van der Waals surface area contributed by atoms with Crippen LogP contribution in [0, 0.1) is 0 Å². The van der Waals surface area contributed by atoms with Gasteiger partial charge in [-0.05, 0) is 18.1 Å². The Morgan fingerprint density at radius 1 is 1.33 bits per heavy atom. The van der Waals surface area contributed by atoms with Crippen LogP contribution < -0.4 is 5.23 Å². The fourth-order valence-electron chi connectivity index (χ4n) is 1.03. The molecule has 0 saturated carbocycles. The van der Waals surface area contributed by atoms with Crippen molar-refractivity contribution >= 4 is 5.69 Å². The van der Waals surface area contributed by atoms with Crippen molar-refractivity contribution in [2.24, 2.45) is 0 Å². The van der Waals surface area contributed by atoms with Crippen molar-refractivity contribution in [1.29, 1.82) is 0 Å².